The molecule has 0 amide bonds. The van der Waals surface area contributed by atoms with Gasteiger partial charge >= 0.3 is 5.97 Å². The van der Waals surface area contributed by atoms with Crippen LogP contribution in [0.5, 0.6) is 5.75 Å². The van der Waals surface area contributed by atoms with Gasteiger partial charge in [-0.05, 0) is 80.5 Å². The van der Waals surface area contributed by atoms with Crippen LogP contribution >= 0.6 is 11.3 Å². The fraction of sp³-hybridized carbons (Fsp3) is 0.355. The highest BCUT2D eigenvalue weighted by atomic mass is 32.1. The predicted octanol–water partition coefficient (Wildman–Crippen LogP) is 7.08. The number of aromatic nitrogens is 1. The second kappa shape index (κ2) is 13.9. The summed E-state index contributed by atoms with van der Waals surface area (Å²) in [7, 11) is 0. The van der Waals surface area contributed by atoms with Crippen molar-refractivity contribution in [3.63, 3.8) is 0 Å². The molecular weight excluding hydrogens is 480 g/mol. The van der Waals surface area contributed by atoms with Gasteiger partial charge in [0, 0.05) is 10.5 Å². The van der Waals surface area contributed by atoms with Gasteiger partial charge in [0.05, 0.1) is 18.3 Å². The van der Waals surface area contributed by atoms with Crippen LogP contribution in [0.15, 0.2) is 71.8 Å². The lowest BCUT2D eigenvalue weighted by Gasteiger charge is -2.10. The number of nitrogens with zero attached hydrogens (tertiary/aromatic N) is 1. The minimum absolute atomic E-state index is 0.203. The maximum atomic E-state index is 12.0. The van der Waals surface area contributed by atoms with E-state index in [4.69, 9.17) is 20.2 Å². The van der Waals surface area contributed by atoms with E-state index in [0.717, 1.165) is 39.6 Å². The molecule has 2 aromatic carbocycles. The van der Waals surface area contributed by atoms with Gasteiger partial charge in [-0.15, -0.1) is 11.3 Å². The molecule has 2 N–H and O–H groups in total. The Hall–Kier alpha value is -3.22. The summed E-state index contributed by atoms with van der Waals surface area (Å²) in [5.41, 5.74) is 11.4. The minimum atomic E-state index is -0.296. The molecule has 3 aromatic rings. The Labute approximate surface area is 225 Å². The lowest BCUT2D eigenvalue weighted by Crippen LogP contribution is -2.13. The van der Waals surface area contributed by atoms with E-state index in [2.05, 4.69) is 38.1 Å². The highest BCUT2D eigenvalue weighted by molar-refractivity contribution is 7.11. The zero-order chi connectivity index (χ0) is 26.8. The van der Waals surface area contributed by atoms with Crippen LogP contribution in [0.4, 0.5) is 0 Å². The molecule has 1 heterocycles. The maximum absolute atomic E-state index is 12.0. The number of esters is 1. The first-order valence-electron chi connectivity index (χ1n) is 12.8. The molecule has 0 aliphatic carbocycles. The smallest absolute Gasteiger partial charge is 0.333 e. The molecule has 37 heavy (non-hydrogen) atoms. The molecule has 0 radical (unpaired) electrons. The molecule has 0 unspecified atom stereocenters. The third-order valence-corrected chi connectivity index (χ3v) is 6.91. The summed E-state index contributed by atoms with van der Waals surface area (Å²) in [6.07, 6.45) is 5.50. The van der Waals surface area contributed by atoms with Gasteiger partial charge in [-0.3, -0.25) is 0 Å². The Morgan fingerprint density at radius 3 is 2.38 bits per heavy atom. The van der Waals surface area contributed by atoms with E-state index in [-0.39, 0.29) is 12.0 Å². The molecule has 5 nitrogen and oxygen atoms in total. The maximum Gasteiger partial charge on any atom is 0.333 e. The Bertz CT molecular complexity index is 1210. The molecule has 0 fully saturated rings. The van der Waals surface area contributed by atoms with Crippen molar-refractivity contribution < 1.29 is 14.3 Å². The Morgan fingerprint density at radius 2 is 1.73 bits per heavy atom. The van der Waals surface area contributed by atoms with Gasteiger partial charge in [0.15, 0.2) is 0 Å². The summed E-state index contributed by atoms with van der Waals surface area (Å²) < 4.78 is 11.0. The topological polar surface area (TPSA) is 74.4 Å². The Morgan fingerprint density at radius 1 is 1.03 bits per heavy atom. The molecule has 6 heteroatoms. The van der Waals surface area contributed by atoms with E-state index in [0.29, 0.717) is 31.1 Å². The molecular formula is C31H38N2O3S. The number of allylic oxidation sites excluding steroid dienone is 2. The minimum Gasteiger partial charge on any atom is -0.489 e. The second-order valence-corrected chi connectivity index (χ2v) is 10.7. The van der Waals surface area contributed by atoms with Crippen molar-refractivity contribution in [2.75, 3.05) is 6.61 Å². The van der Waals surface area contributed by atoms with Crippen LogP contribution in [-0.4, -0.2) is 17.6 Å². The molecule has 0 aliphatic heterocycles. The molecule has 1 aromatic heterocycles. The van der Waals surface area contributed by atoms with Gasteiger partial charge in [0.1, 0.15) is 17.4 Å². The molecule has 0 saturated carbocycles. The summed E-state index contributed by atoms with van der Waals surface area (Å²) >= 11 is 1.68. The van der Waals surface area contributed by atoms with Crippen LogP contribution in [0.2, 0.25) is 0 Å². The summed E-state index contributed by atoms with van der Waals surface area (Å²) in [5.74, 6) is 1.04. The fourth-order valence-corrected chi connectivity index (χ4v) is 5.13. The first kappa shape index (κ1) is 28.4. The number of rotatable bonds is 12. The standard InChI is InChI=1S/C31H38N2O3S/c1-6-35-31(34)23(5)17-22(4)18-28-29(16-21(2)3)37-30(33-28)27(32)19-24-12-14-26(15-13-24)36-20-25-10-8-7-9-11-25/h7-15,17-18,21,27H,6,16,19-20,32H2,1-5H3/b22-18+,23-17-/t27-/m1/s1. The van der Waals surface area contributed by atoms with E-state index in [1.54, 1.807) is 25.2 Å². The van der Waals surface area contributed by atoms with Crippen molar-refractivity contribution in [3.8, 4) is 5.75 Å². The zero-order valence-corrected chi connectivity index (χ0v) is 23.3. The lowest BCUT2D eigenvalue weighted by molar-refractivity contribution is -0.138. The van der Waals surface area contributed by atoms with E-state index >= 15 is 0 Å². The number of hydrogen-bond acceptors (Lipinski definition) is 6. The van der Waals surface area contributed by atoms with Gasteiger partial charge < -0.3 is 15.2 Å². The van der Waals surface area contributed by atoms with Crippen LogP contribution in [0.25, 0.3) is 6.08 Å². The van der Waals surface area contributed by atoms with Crippen LogP contribution < -0.4 is 10.5 Å². The molecule has 0 aliphatic rings. The molecule has 0 bridgehead atoms. The Kier molecular flexibility index (Phi) is 10.7. The van der Waals surface area contributed by atoms with Crippen molar-refractivity contribution in [1.29, 1.82) is 0 Å². The van der Waals surface area contributed by atoms with Crippen LogP contribution in [-0.2, 0) is 29.0 Å². The average Bonchev–Trinajstić information content (AvgIpc) is 3.25. The highest BCUT2D eigenvalue weighted by Crippen LogP contribution is 2.29. The van der Waals surface area contributed by atoms with Gasteiger partial charge in [-0.1, -0.05) is 56.3 Å². The third kappa shape index (κ3) is 8.99. The van der Waals surface area contributed by atoms with Crippen LogP contribution in [0, 0.1) is 5.92 Å². The number of nitrogens with two attached hydrogens (primary N) is 1. The number of hydrogen-bond donors (Lipinski definition) is 1. The summed E-state index contributed by atoms with van der Waals surface area (Å²) in [6.45, 7) is 10.9. The average molecular weight is 519 g/mol. The predicted molar refractivity (Wildman–Crippen MR) is 153 cm³/mol. The molecule has 196 valence electrons. The SMILES string of the molecule is CCOC(=O)/C(C)=C\C(C)=C\c1nc([C@H](N)Cc2ccc(OCc3ccccc3)cc2)sc1CC(C)C. The molecule has 1 atom stereocenters. The van der Waals surface area contributed by atoms with E-state index in [1.165, 1.54) is 4.88 Å². The third-order valence-electron chi connectivity index (χ3n) is 5.69. The number of carbonyl (C=O) groups is 1. The summed E-state index contributed by atoms with van der Waals surface area (Å²) in [4.78, 5) is 18.1. The monoisotopic (exact) mass is 518 g/mol. The van der Waals surface area contributed by atoms with Gasteiger partial charge in [-0.2, -0.15) is 0 Å². The van der Waals surface area contributed by atoms with Crippen molar-refractivity contribution in [3.05, 3.63) is 98.5 Å². The number of thiazole rings is 1. The number of ether oxygens (including phenoxy) is 2. The van der Waals surface area contributed by atoms with Crippen LogP contribution in [0.3, 0.4) is 0 Å². The second-order valence-electron chi connectivity index (χ2n) is 9.62. The quantitative estimate of drug-likeness (QED) is 0.158. The summed E-state index contributed by atoms with van der Waals surface area (Å²) in [5, 5.41) is 0.921. The number of benzene rings is 2. The summed E-state index contributed by atoms with van der Waals surface area (Å²) in [6, 6.07) is 18.0. The largest absolute Gasteiger partial charge is 0.489 e. The van der Waals surface area contributed by atoms with E-state index in [1.807, 2.05) is 49.4 Å². The van der Waals surface area contributed by atoms with Crippen molar-refractivity contribution in [2.45, 2.75) is 60.1 Å². The fourth-order valence-electron chi connectivity index (χ4n) is 3.88. The van der Waals surface area contributed by atoms with Gasteiger partial charge in [0.25, 0.3) is 0 Å². The van der Waals surface area contributed by atoms with Gasteiger partial charge in [-0.25, -0.2) is 9.78 Å². The highest BCUT2D eigenvalue weighted by Gasteiger charge is 2.17. The molecule has 0 saturated heterocycles. The normalized spacial score (nSPS) is 13.1. The van der Waals surface area contributed by atoms with E-state index in [9.17, 15) is 4.79 Å². The van der Waals surface area contributed by atoms with Crippen molar-refractivity contribution in [1.82, 2.24) is 4.98 Å². The number of carbonyl (C=O) groups excluding carboxylic acids is 1. The van der Waals surface area contributed by atoms with Crippen LogP contribution in [0.1, 0.15) is 67.4 Å². The Balaban J connectivity index is 1.70. The van der Waals surface area contributed by atoms with Crippen molar-refractivity contribution >= 4 is 23.4 Å². The van der Waals surface area contributed by atoms with Gasteiger partial charge in [0.2, 0.25) is 0 Å². The molecule has 3 rings (SSSR count). The first-order chi connectivity index (χ1) is 17.7. The van der Waals surface area contributed by atoms with Crippen molar-refractivity contribution in [2.24, 2.45) is 11.7 Å². The first-order valence-corrected chi connectivity index (χ1v) is 13.6. The lowest BCUT2D eigenvalue weighted by atomic mass is 10.1. The molecule has 0 spiro atoms. The zero-order valence-electron chi connectivity index (χ0n) is 22.5. The van der Waals surface area contributed by atoms with E-state index < -0.39 is 0 Å².